The lowest BCUT2D eigenvalue weighted by molar-refractivity contribution is -0.392. The average Bonchev–Trinajstić information content (AvgIpc) is 1.24. The molecule has 0 saturated heterocycles. The van der Waals surface area contributed by atoms with Crippen LogP contribution in [0, 0.1) is 23.7 Å². The van der Waals surface area contributed by atoms with Crippen LogP contribution in [0.4, 0.5) is 34.1 Å². The minimum atomic E-state index is -0.305. The third-order valence-corrected chi connectivity index (χ3v) is 26.0. The fraction of sp³-hybridized carbons (Fsp3) is 0.0784. The number of furan rings is 1. The van der Waals surface area contributed by atoms with Crippen molar-refractivity contribution in [1.29, 1.82) is 0 Å². The number of hydrogen-bond donors (Lipinski definition) is 0. The number of anilines is 3. The van der Waals surface area contributed by atoms with Gasteiger partial charge in [-0.2, -0.15) is 9.15 Å². The first-order valence-electron chi connectivity index (χ1n) is 38.6. The normalized spacial score (nSPS) is 24.9. The van der Waals surface area contributed by atoms with E-state index in [2.05, 4.69) is 335 Å². The van der Waals surface area contributed by atoms with Gasteiger partial charge in [-0.1, -0.05) is 213 Å². The molecule has 8 nitrogen and oxygen atoms in total. The van der Waals surface area contributed by atoms with Crippen molar-refractivity contribution in [2.45, 2.75) is 24.2 Å². The Morgan fingerprint density at radius 2 is 1.04 bits per heavy atom. The van der Waals surface area contributed by atoms with Crippen LogP contribution >= 0.6 is 0 Å². The first-order valence-corrected chi connectivity index (χ1v) is 38.6. The van der Waals surface area contributed by atoms with Crippen LogP contribution in [0.25, 0.3) is 77.2 Å². The van der Waals surface area contributed by atoms with Crippen LogP contribution in [-0.4, -0.2) is 50.2 Å². The molecular weight excluding hydrogens is 1340 g/mol. The molecule has 7 aromatic carbocycles. The Kier molecular flexibility index (Phi) is 11.8. The molecule has 10 aromatic rings. The van der Waals surface area contributed by atoms with E-state index < -0.39 is 0 Å². The van der Waals surface area contributed by atoms with Crippen molar-refractivity contribution in [3.05, 3.63) is 429 Å². The van der Waals surface area contributed by atoms with Crippen molar-refractivity contribution < 1.29 is 13.7 Å². The maximum absolute atomic E-state index is 7.57. The highest BCUT2D eigenvalue weighted by atomic mass is 16.5. The highest BCUT2D eigenvalue weighted by molar-refractivity contribution is 6.32. The largest absolute Gasteiger partial charge is 0.481 e. The van der Waals surface area contributed by atoms with Gasteiger partial charge in [0.05, 0.1) is 11.5 Å². The molecule has 0 bridgehead atoms. The fourth-order valence-electron chi connectivity index (χ4n) is 21.7. The van der Waals surface area contributed by atoms with Crippen LogP contribution in [0.3, 0.4) is 0 Å². The molecule has 0 amide bonds. The van der Waals surface area contributed by atoms with Crippen molar-refractivity contribution in [3.63, 3.8) is 0 Å². The number of hydrogen-bond acceptors (Lipinski definition) is 6. The third-order valence-electron chi connectivity index (χ3n) is 26.0. The minimum absolute atomic E-state index is 0.0759. The molecule has 8 unspecified atom stereocenters. The van der Waals surface area contributed by atoms with E-state index in [1.807, 2.05) is 24.8 Å². The van der Waals surface area contributed by atoms with E-state index in [0.717, 1.165) is 122 Å². The molecule has 0 fully saturated rings. The average molecular weight is 1410 g/mol. The lowest BCUT2D eigenvalue weighted by atomic mass is 9.59. The molecule has 26 rings (SSSR count). The highest BCUT2D eigenvalue weighted by Gasteiger charge is 2.53. The Balaban J connectivity index is 0.728. The monoisotopic (exact) mass is 1400 g/mol. The maximum Gasteiger partial charge on any atom is 0.239 e. The number of nitrogens with zero attached hydrogens (tertiary/aromatic N) is 6. The molecule has 3 aliphatic heterocycles. The molecule has 3 aromatic heterocycles. The molecule has 0 N–H and O–H groups in total. The van der Waals surface area contributed by atoms with Gasteiger partial charge in [0.25, 0.3) is 0 Å². The third kappa shape index (κ3) is 7.88. The molecule has 8 atom stereocenters. The van der Waals surface area contributed by atoms with E-state index in [-0.39, 0.29) is 47.9 Å². The van der Waals surface area contributed by atoms with Crippen LogP contribution in [0.5, 0.6) is 0 Å². The molecule has 512 valence electrons. The molecular formula is C102H64N6O2+2. The van der Waals surface area contributed by atoms with Gasteiger partial charge in [0.1, 0.15) is 46.7 Å². The summed E-state index contributed by atoms with van der Waals surface area (Å²) in [5, 5.41) is 9.19. The number of fused-ring (bicyclic) bond motifs is 12. The van der Waals surface area contributed by atoms with Crippen molar-refractivity contribution in [3.8, 4) is 22.3 Å². The Labute approximate surface area is 633 Å². The summed E-state index contributed by atoms with van der Waals surface area (Å²) >= 11 is 0. The Morgan fingerprint density at radius 1 is 0.418 bits per heavy atom. The van der Waals surface area contributed by atoms with Crippen LogP contribution in [0.15, 0.2) is 423 Å². The second-order valence-electron chi connectivity index (χ2n) is 31.1. The molecule has 110 heavy (non-hydrogen) atoms. The number of pyridine rings is 2. The summed E-state index contributed by atoms with van der Waals surface area (Å²) in [5.74, 6) is 1.49. The van der Waals surface area contributed by atoms with Gasteiger partial charge in [0.2, 0.25) is 34.2 Å². The van der Waals surface area contributed by atoms with E-state index in [9.17, 15) is 0 Å². The van der Waals surface area contributed by atoms with Crippen molar-refractivity contribution in [1.82, 2.24) is 14.5 Å². The van der Waals surface area contributed by atoms with Gasteiger partial charge in [0, 0.05) is 145 Å². The van der Waals surface area contributed by atoms with Gasteiger partial charge in [0.15, 0.2) is 0 Å². The zero-order valence-electron chi connectivity index (χ0n) is 59.5. The molecule has 8 heteroatoms. The van der Waals surface area contributed by atoms with Crippen LogP contribution in [-0.2, 0) is 4.74 Å². The topological polar surface area (TPSA) is 60.6 Å². The van der Waals surface area contributed by atoms with Crippen LogP contribution in [0.2, 0.25) is 0 Å². The summed E-state index contributed by atoms with van der Waals surface area (Å²) in [6.07, 6.45) is 77.3. The highest BCUT2D eigenvalue weighted by Crippen LogP contribution is 2.61. The van der Waals surface area contributed by atoms with Crippen LogP contribution < -0.4 is 25.0 Å². The lowest BCUT2D eigenvalue weighted by Crippen LogP contribution is -2.55. The molecule has 13 aliphatic carbocycles. The van der Waals surface area contributed by atoms with Crippen molar-refractivity contribution in [2.24, 2.45) is 23.7 Å². The molecule has 16 aliphatic rings. The zero-order valence-corrected chi connectivity index (χ0v) is 59.5. The van der Waals surface area contributed by atoms with Crippen molar-refractivity contribution in [2.75, 3.05) is 9.80 Å². The van der Waals surface area contributed by atoms with Gasteiger partial charge in [-0.05, 0) is 149 Å². The first kappa shape index (κ1) is 59.3. The Morgan fingerprint density at radius 3 is 1.77 bits per heavy atom. The van der Waals surface area contributed by atoms with E-state index in [1.165, 1.54) is 88.9 Å². The Hall–Kier alpha value is -13.8. The summed E-state index contributed by atoms with van der Waals surface area (Å²) < 4.78 is 20.2. The predicted octanol–water partition coefficient (Wildman–Crippen LogP) is 20.3. The lowest BCUT2D eigenvalue weighted by Gasteiger charge is -2.44. The van der Waals surface area contributed by atoms with Gasteiger partial charge in [-0.25, -0.2) is 0 Å². The number of ether oxygens (including phenoxy) is 1. The number of allylic oxidation sites excluding steroid dienone is 33. The maximum atomic E-state index is 7.57. The smallest absolute Gasteiger partial charge is 0.239 e. The van der Waals surface area contributed by atoms with E-state index in [4.69, 9.17) is 19.1 Å². The zero-order chi connectivity index (χ0) is 71.3. The summed E-state index contributed by atoms with van der Waals surface area (Å²) in [7, 11) is 0. The minimum Gasteiger partial charge on any atom is -0.481 e. The van der Waals surface area contributed by atoms with E-state index >= 15 is 0 Å². The van der Waals surface area contributed by atoms with E-state index in [0.29, 0.717) is 0 Å². The number of rotatable bonds is 6. The number of benzene rings is 7. The molecule has 0 saturated carbocycles. The van der Waals surface area contributed by atoms with Crippen molar-refractivity contribution >= 4 is 100 Å². The van der Waals surface area contributed by atoms with E-state index in [1.54, 1.807) is 0 Å². The predicted molar refractivity (Wildman–Crippen MR) is 444 cm³/mol. The summed E-state index contributed by atoms with van der Waals surface area (Å²) in [6, 6.07) is 49.2. The van der Waals surface area contributed by atoms with Gasteiger partial charge in [-0.15, -0.1) is 0 Å². The molecule has 0 spiro atoms. The number of aromatic nitrogens is 2. The molecule has 0 radical (unpaired) electrons. The quantitative estimate of drug-likeness (QED) is 0.122. The van der Waals surface area contributed by atoms with Crippen LogP contribution in [0.1, 0.15) is 0 Å². The second kappa shape index (κ2) is 21.9. The SMILES string of the molecule is C1=CC2=CC=CC3=C4C=CC=C5C6=C7C=C8C(C=C7OC6C=C(C(=C1)C23)C54)N(c1cc(-c2cccnc2)c2ccc3c([N+]4=C5C=CC=CC5N(c5ccccc5)c5cc6c7c(oc6cc54)=CC4=C5C=CC=C6C=CC=C(C9=CC=CC=7C94)C65)cc(-c4cccnc4)c4ccc1c2c43)C1C=CC=CC1=[N+]8c1ccccc1. The van der Waals surface area contributed by atoms with Gasteiger partial charge < -0.3 is 19.0 Å². The Bertz CT molecular complexity index is 7100. The second-order valence-corrected chi connectivity index (χ2v) is 31.1. The van der Waals surface area contributed by atoms with Gasteiger partial charge >= 0.3 is 0 Å². The fourth-order valence-corrected chi connectivity index (χ4v) is 21.7. The summed E-state index contributed by atoms with van der Waals surface area (Å²) in [5.41, 5.74) is 34.6. The standard InChI is InChI=1S/C102H64N6O2/c1-3-25-61(26-4-1)105-81-37-7-9-39-83(81)107(89-53-91-79(49-87(89)105)99-73-35-15-33-65-63-29-11-19-57-21-13-31-67(95(57)63)77(97(65)73)51-93(99)109-91)85-47-75(59-23-17-45-103-55-59)69-42-44-72-86(48-76(60-24-18-46-104-56-60)70-41-43-71(85)101(69)102(70)72)108-84-40-10-8-38-82(84)106(62-27-5-2-6-28-62)88-50-80-92(54-90(88)108)110-94-52-78-68-32-14-22-58-20-12-30-64(96(58)68)66-34-16-36-74(98(66)78)100(80)94/h1-56,81,84,90,94-98H/q+2. The molecule has 6 heterocycles. The van der Waals surface area contributed by atoms with Gasteiger partial charge in [-0.3, -0.25) is 9.97 Å². The summed E-state index contributed by atoms with van der Waals surface area (Å²) in [4.78, 5) is 15.0. The number of para-hydroxylation sites is 2. The summed E-state index contributed by atoms with van der Waals surface area (Å²) in [6.45, 7) is 0. The first-order chi connectivity index (χ1) is 54.6.